The molecule has 0 aromatic heterocycles. The molecule has 2 aromatic carbocycles. The molecular weight excluding hydrogens is 594 g/mol. The van der Waals surface area contributed by atoms with Crippen LogP contribution in [0.5, 0.6) is 34.5 Å². The molecule has 46 heavy (non-hydrogen) atoms. The fourth-order valence-corrected chi connectivity index (χ4v) is 6.10. The Hall–Kier alpha value is -3.90. The first-order valence-electron chi connectivity index (χ1n) is 15.9. The molecule has 12 nitrogen and oxygen atoms in total. The first-order valence-corrected chi connectivity index (χ1v) is 15.9. The van der Waals surface area contributed by atoms with Gasteiger partial charge in [0, 0.05) is 44.8 Å². The molecule has 1 amide bonds. The Morgan fingerprint density at radius 1 is 0.696 bits per heavy atom. The number of carbonyl (C=O) groups excluding carboxylic acids is 2. The van der Waals surface area contributed by atoms with Gasteiger partial charge in [-0.05, 0) is 69.5 Å². The molecule has 1 fully saturated rings. The van der Waals surface area contributed by atoms with Crippen molar-refractivity contribution in [3.05, 3.63) is 35.4 Å². The third-order valence-corrected chi connectivity index (χ3v) is 8.71. The van der Waals surface area contributed by atoms with Gasteiger partial charge in [-0.3, -0.25) is 4.79 Å². The molecule has 1 saturated heterocycles. The molecular formula is C34H49N3O9. The lowest BCUT2D eigenvalue weighted by Gasteiger charge is -2.31. The maximum absolute atomic E-state index is 13.9. The van der Waals surface area contributed by atoms with Gasteiger partial charge in [-0.2, -0.15) is 0 Å². The van der Waals surface area contributed by atoms with Crippen LogP contribution in [0.4, 0.5) is 0 Å². The molecule has 0 saturated carbocycles. The molecule has 2 heterocycles. The third-order valence-electron chi connectivity index (χ3n) is 8.71. The number of cyclic esters (lactones) is 1. The summed E-state index contributed by atoms with van der Waals surface area (Å²) in [6.45, 7) is 6.31. The Morgan fingerprint density at radius 3 is 1.91 bits per heavy atom. The van der Waals surface area contributed by atoms with E-state index in [1.165, 1.54) is 35.5 Å². The molecule has 2 aliphatic rings. The van der Waals surface area contributed by atoms with Gasteiger partial charge in [0.2, 0.25) is 11.5 Å². The van der Waals surface area contributed by atoms with Gasteiger partial charge in [0.05, 0.1) is 54.3 Å². The van der Waals surface area contributed by atoms with Crippen LogP contribution in [-0.4, -0.2) is 128 Å². The van der Waals surface area contributed by atoms with Crippen LogP contribution < -0.4 is 28.4 Å². The van der Waals surface area contributed by atoms with Crippen LogP contribution in [0.1, 0.15) is 52.8 Å². The van der Waals surface area contributed by atoms with Gasteiger partial charge >= 0.3 is 5.97 Å². The van der Waals surface area contributed by atoms with Crippen molar-refractivity contribution in [2.24, 2.45) is 0 Å². The average Bonchev–Trinajstić information content (AvgIpc) is 3.32. The maximum Gasteiger partial charge on any atom is 0.338 e. The molecule has 0 spiro atoms. The van der Waals surface area contributed by atoms with Gasteiger partial charge in [-0.1, -0.05) is 0 Å². The topological polar surface area (TPSA) is 108 Å². The molecule has 3 unspecified atom stereocenters. The molecule has 3 atom stereocenters. The zero-order chi connectivity index (χ0) is 33.1. The normalized spacial score (nSPS) is 21.3. The van der Waals surface area contributed by atoms with E-state index in [1.807, 2.05) is 11.9 Å². The quantitative estimate of drug-likeness (QED) is 0.409. The van der Waals surface area contributed by atoms with Crippen LogP contribution in [0.3, 0.4) is 0 Å². The van der Waals surface area contributed by atoms with Crippen molar-refractivity contribution in [3.63, 3.8) is 0 Å². The summed E-state index contributed by atoms with van der Waals surface area (Å²) >= 11 is 0. The number of fused-ring (bicyclic) bond motifs is 5. The van der Waals surface area contributed by atoms with Crippen molar-refractivity contribution in [2.75, 3.05) is 95.1 Å². The van der Waals surface area contributed by atoms with Gasteiger partial charge in [0.15, 0.2) is 23.0 Å². The highest BCUT2D eigenvalue weighted by Gasteiger charge is 2.26. The Morgan fingerprint density at radius 2 is 1.28 bits per heavy atom. The lowest BCUT2D eigenvalue weighted by atomic mass is 10.0. The highest BCUT2D eigenvalue weighted by molar-refractivity contribution is 5.95. The van der Waals surface area contributed by atoms with Gasteiger partial charge in [0.25, 0.3) is 5.91 Å². The van der Waals surface area contributed by atoms with Crippen LogP contribution in [0, 0.1) is 0 Å². The lowest BCUT2D eigenvalue weighted by molar-refractivity contribution is 0.0487. The standard InChI is InChI=1S/C34H49N3O9/c1-35(33(38)24-20-27(40-2)31(43-5)28(21-24)41-3)26-10-7-18-45-30-23-25(22-29(42-4)32(30)44-6)34(39)46-19-9-14-36-12-8-13-37(15-11-26)17-16-36/h20-23,26H,7-19H2,1-6H3. The van der Waals surface area contributed by atoms with Crippen molar-refractivity contribution >= 4 is 11.9 Å². The smallest absolute Gasteiger partial charge is 0.338 e. The predicted molar refractivity (Wildman–Crippen MR) is 173 cm³/mol. The second-order valence-corrected chi connectivity index (χ2v) is 11.5. The zero-order valence-electron chi connectivity index (χ0n) is 28.1. The number of amides is 1. The number of ether oxygens (including phenoxy) is 7. The minimum atomic E-state index is -0.433. The van der Waals surface area contributed by atoms with Crippen LogP contribution in [0.15, 0.2) is 24.3 Å². The van der Waals surface area contributed by atoms with E-state index in [0.29, 0.717) is 71.7 Å². The Balaban J connectivity index is 1.58. The van der Waals surface area contributed by atoms with Crippen LogP contribution in [0.25, 0.3) is 0 Å². The van der Waals surface area contributed by atoms with Crippen molar-refractivity contribution in [1.29, 1.82) is 0 Å². The van der Waals surface area contributed by atoms with Crippen LogP contribution in [-0.2, 0) is 4.74 Å². The lowest BCUT2D eigenvalue weighted by Crippen LogP contribution is -2.40. The summed E-state index contributed by atoms with van der Waals surface area (Å²) in [6.07, 6.45) is 3.98. The zero-order valence-corrected chi connectivity index (χ0v) is 28.1. The molecule has 0 N–H and O–H groups in total. The number of benzene rings is 2. The largest absolute Gasteiger partial charge is 0.493 e. The second kappa shape index (κ2) is 17.1. The highest BCUT2D eigenvalue weighted by Crippen LogP contribution is 2.40. The number of esters is 1. The van der Waals surface area contributed by atoms with Crippen molar-refractivity contribution in [2.45, 2.75) is 38.1 Å². The van der Waals surface area contributed by atoms with E-state index in [9.17, 15) is 9.59 Å². The molecule has 0 aliphatic carbocycles. The van der Waals surface area contributed by atoms with Crippen molar-refractivity contribution in [3.8, 4) is 34.5 Å². The molecule has 254 valence electrons. The van der Waals surface area contributed by atoms with E-state index in [4.69, 9.17) is 33.2 Å². The number of hydrogen-bond acceptors (Lipinski definition) is 11. The summed E-state index contributed by atoms with van der Waals surface area (Å²) in [5.74, 6) is 1.92. The Kier molecular flexibility index (Phi) is 13.0. The van der Waals surface area contributed by atoms with Gasteiger partial charge in [-0.25, -0.2) is 4.79 Å². The number of nitrogens with zero attached hydrogens (tertiary/aromatic N) is 3. The molecule has 2 aliphatic heterocycles. The number of carbonyl (C=O) groups is 2. The summed E-state index contributed by atoms with van der Waals surface area (Å²) < 4.78 is 39.3. The Bertz CT molecular complexity index is 1300. The van der Waals surface area contributed by atoms with Gasteiger partial charge in [0.1, 0.15) is 0 Å². The summed E-state index contributed by atoms with van der Waals surface area (Å²) in [7, 11) is 9.51. The molecule has 2 aromatic rings. The predicted octanol–water partition coefficient (Wildman–Crippen LogP) is 3.99. The molecule has 12 heteroatoms. The van der Waals surface area contributed by atoms with E-state index in [2.05, 4.69) is 9.80 Å². The molecule has 4 bridgehead atoms. The van der Waals surface area contributed by atoms with E-state index in [0.717, 1.165) is 58.5 Å². The number of hydrogen-bond donors (Lipinski definition) is 0. The summed E-state index contributed by atoms with van der Waals surface area (Å²) in [6, 6.07) is 6.56. The molecule has 0 radical (unpaired) electrons. The number of methoxy groups -OCH3 is 5. The average molecular weight is 644 g/mol. The Labute approximate surface area is 272 Å². The van der Waals surface area contributed by atoms with Crippen molar-refractivity contribution < 1.29 is 42.7 Å². The fraction of sp³-hybridized carbons (Fsp3) is 0.588. The van der Waals surface area contributed by atoms with Crippen molar-refractivity contribution in [1.82, 2.24) is 14.7 Å². The third kappa shape index (κ3) is 8.67. The summed E-state index contributed by atoms with van der Waals surface area (Å²) in [4.78, 5) is 33.6. The SMILES string of the molecule is COc1cc(C(=O)N(C)C2CCCOc3cc(cc(OC)c3OC)C(=O)OCCCN3CCCN(CC2)CC3)cc(OC)c1OC. The first-order chi connectivity index (χ1) is 22.3. The maximum atomic E-state index is 13.9. The van der Waals surface area contributed by atoms with Crippen LogP contribution in [0.2, 0.25) is 0 Å². The van der Waals surface area contributed by atoms with Gasteiger partial charge < -0.3 is 47.9 Å². The van der Waals surface area contributed by atoms with E-state index < -0.39 is 5.97 Å². The summed E-state index contributed by atoms with van der Waals surface area (Å²) in [5.41, 5.74) is 0.791. The molecule has 4 rings (SSSR count). The van der Waals surface area contributed by atoms with Crippen LogP contribution >= 0.6 is 0 Å². The number of rotatable bonds is 7. The fourth-order valence-electron chi connectivity index (χ4n) is 6.10. The van der Waals surface area contributed by atoms with E-state index in [1.54, 1.807) is 24.3 Å². The minimum absolute atomic E-state index is 0.0608. The summed E-state index contributed by atoms with van der Waals surface area (Å²) in [5, 5.41) is 0. The monoisotopic (exact) mass is 643 g/mol. The van der Waals surface area contributed by atoms with Gasteiger partial charge in [-0.15, -0.1) is 0 Å². The minimum Gasteiger partial charge on any atom is -0.493 e. The van der Waals surface area contributed by atoms with E-state index >= 15 is 0 Å². The second-order valence-electron chi connectivity index (χ2n) is 11.5. The van der Waals surface area contributed by atoms with E-state index in [-0.39, 0.29) is 11.9 Å². The first kappa shape index (κ1) is 35.0. The highest BCUT2D eigenvalue weighted by atomic mass is 16.5.